The van der Waals surface area contributed by atoms with E-state index in [9.17, 15) is 0 Å². The molecule has 172 valence electrons. The molecule has 1 heteroatoms. The lowest BCUT2D eigenvalue weighted by molar-refractivity contribution is 1.20. The minimum atomic E-state index is -1.94. The van der Waals surface area contributed by atoms with Crippen molar-refractivity contribution >= 4 is 29.6 Å². The van der Waals surface area contributed by atoms with Crippen molar-refractivity contribution in [3.63, 3.8) is 0 Å². The van der Waals surface area contributed by atoms with Crippen molar-refractivity contribution in [2.45, 2.75) is 39.8 Å². The summed E-state index contributed by atoms with van der Waals surface area (Å²) in [5.41, 5.74) is 14.5. The summed E-state index contributed by atoms with van der Waals surface area (Å²) < 4.78 is 0. The van der Waals surface area contributed by atoms with Crippen LogP contribution in [0, 0.1) is 0 Å². The molecule has 0 fully saturated rings. The predicted octanol–water partition coefficient (Wildman–Crippen LogP) is 7.27. The number of hydrogen-bond acceptors (Lipinski definition) is 0. The molecule has 0 bridgehead atoms. The first kappa shape index (κ1) is 22.1. The van der Waals surface area contributed by atoms with Crippen LogP contribution in [0.3, 0.4) is 0 Å². The topological polar surface area (TPSA) is 0 Å². The highest BCUT2D eigenvalue weighted by molar-refractivity contribution is 7.01. The van der Waals surface area contributed by atoms with E-state index in [1.807, 2.05) is 0 Å². The van der Waals surface area contributed by atoms with E-state index in [4.69, 9.17) is 0 Å². The first-order valence-electron chi connectivity index (χ1n) is 12.7. The summed E-state index contributed by atoms with van der Waals surface area (Å²) in [5.74, 6) is 0. The molecule has 0 heterocycles. The lowest BCUT2D eigenvalue weighted by Gasteiger charge is -2.29. The van der Waals surface area contributed by atoms with Crippen LogP contribution in [0.4, 0.5) is 0 Å². The molecule has 0 saturated carbocycles. The van der Waals surface area contributed by atoms with Crippen molar-refractivity contribution in [2.75, 3.05) is 0 Å². The van der Waals surface area contributed by atoms with Crippen molar-refractivity contribution in [1.82, 2.24) is 0 Å². The number of hydrogen-bond donors (Lipinski definition) is 0. The second kappa shape index (κ2) is 8.36. The summed E-state index contributed by atoms with van der Waals surface area (Å²) >= 11 is 0. The predicted molar refractivity (Wildman–Crippen MR) is 153 cm³/mol. The molecule has 0 nitrogen and oxygen atoms in total. The molecule has 6 rings (SSSR count). The van der Waals surface area contributed by atoms with Crippen molar-refractivity contribution in [3.05, 3.63) is 142 Å². The van der Waals surface area contributed by atoms with Crippen LogP contribution in [0.2, 0.25) is 13.1 Å². The number of benzene rings is 4. The third-order valence-electron chi connectivity index (χ3n) is 8.10. The zero-order chi connectivity index (χ0) is 24.2. The molecular weight excluding hydrogens is 436 g/mol. The van der Waals surface area contributed by atoms with Gasteiger partial charge in [-0.3, -0.25) is 0 Å². The molecule has 2 aliphatic carbocycles. The molecule has 35 heavy (non-hydrogen) atoms. The molecule has 0 spiro atoms. The van der Waals surface area contributed by atoms with Crippen LogP contribution in [-0.4, -0.2) is 8.07 Å². The van der Waals surface area contributed by atoms with E-state index in [-0.39, 0.29) is 0 Å². The summed E-state index contributed by atoms with van der Waals surface area (Å²) in [6, 6.07) is 36.0. The van der Waals surface area contributed by atoms with Gasteiger partial charge in [-0.15, -0.1) is 0 Å². The van der Waals surface area contributed by atoms with Crippen LogP contribution in [0.25, 0.3) is 11.1 Å². The van der Waals surface area contributed by atoms with Gasteiger partial charge in [-0.05, 0) is 71.2 Å². The van der Waals surface area contributed by atoms with Crippen molar-refractivity contribution in [2.24, 2.45) is 0 Å². The van der Waals surface area contributed by atoms with E-state index in [0.29, 0.717) is 0 Å². The summed E-state index contributed by atoms with van der Waals surface area (Å²) in [5, 5.41) is 3.19. The Hall–Kier alpha value is -3.42. The van der Waals surface area contributed by atoms with Gasteiger partial charge >= 0.3 is 0 Å². The maximum absolute atomic E-state index is 2.56. The molecular formula is C34H32Si. The van der Waals surface area contributed by atoms with Gasteiger partial charge in [-0.2, -0.15) is 0 Å². The Bertz CT molecular complexity index is 1390. The van der Waals surface area contributed by atoms with Crippen LogP contribution in [-0.2, 0) is 12.8 Å². The molecule has 0 N–H and O–H groups in total. The molecule has 0 saturated heterocycles. The Morgan fingerprint density at radius 3 is 1.29 bits per heavy atom. The third kappa shape index (κ3) is 3.49. The highest BCUT2D eigenvalue weighted by Crippen LogP contribution is 2.39. The van der Waals surface area contributed by atoms with Crippen molar-refractivity contribution in [1.29, 1.82) is 0 Å². The molecule has 4 aromatic carbocycles. The summed E-state index contributed by atoms with van der Waals surface area (Å²) in [7, 11) is -1.94. The molecule has 0 amide bonds. The molecule has 0 atom stereocenters. The highest BCUT2D eigenvalue weighted by Gasteiger charge is 2.36. The van der Waals surface area contributed by atoms with Crippen LogP contribution in [0.5, 0.6) is 0 Å². The maximum Gasteiger partial charge on any atom is 0.113 e. The highest BCUT2D eigenvalue weighted by atomic mass is 28.3. The van der Waals surface area contributed by atoms with Crippen LogP contribution >= 0.6 is 0 Å². The first-order valence-corrected chi connectivity index (χ1v) is 15.7. The van der Waals surface area contributed by atoms with Gasteiger partial charge in [0.1, 0.15) is 8.07 Å². The molecule has 0 aliphatic heterocycles. The smallest absolute Gasteiger partial charge is 0.0623 e. The maximum atomic E-state index is 2.56. The van der Waals surface area contributed by atoms with Gasteiger partial charge in [-0.25, -0.2) is 0 Å². The average molecular weight is 469 g/mol. The number of rotatable bonds is 4. The van der Waals surface area contributed by atoms with Gasteiger partial charge in [0.05, 0.1) is 0 Å². The lowest BCUT2D eigenvalue weighted by atomic mass is 9.98. The summed E-state index contributed by atoms with van der Waals surface area (Å²) in [4.78, 5) is 0. The third-order valence-corrected chi connectivity index (χ3v) is 11.7. The monoisotopic (exact) mass is 468 g/mol. The normalized spacial score (nSPS) is 15.0. The Balaban J connectivity index is 1.46. The van der Waals surface area contributed by atoms with E-state index >= 15 is 0 Å². The van der Waals surface area contributed by atoms with Crippen LogP contribution in [0.15, 0.2) is 108 Å². The zero-order valence-corrected chi connectivity index (χ0v) is 22.2. The van der Waals surface area contributed by atoms with Gasteiger partial charge in [0.25, 0.3) is 0 Å². The van der Waals surface area contributed by atoms with Gasteiger partial charge in [-0.1, -0.05) is 132 Å². The lowest BCUT2D eigenvalue weighted by Crippen LogP contribution is -2.55. The SMILES string of the molecule is CC1=C(c2ccccc2)c2cccc([Si](C)(C)c3cccc4c3CC(C)=C4c3ccccc3)c2C1. The average Bonchev–Trinajstić information content (AvgIpc) is 3.39. The molecule has 2 aliphatic rings. The standard InChI is InChI=1S/C34H32Si/c1-23-21-29-27(33(23)25-13-7-5-8-14-25)17-11-19-31(29)35(3,4)32-20-12-18-28-30(32)22-24(2)34(28)26-15-9-6-10-16-26/h5-20H,21-22H2,1-4H3. The Kier molecular flexibility index (Phi) is 5.27. The Morgan fingerprint density at radius 1 is 0.486 bits per heavy atom. The fourth-order valence-electron chi connectivity index (χ4n) is 6.52. The largest absolute Gasteiger partial charge is 0.113 e. The summed E-state index contributed by atoms with van der Waals surface area (Å²) in [6.45, 7) is 9.76. The first-order chi connectivity index (χ1) is 17.0. The van der Waals surface area contributed by atoms with E-state index in [1.165, 1.54) is 44.5 Å². The van der Waals surface area contributed by atoms with Gasteiger partial charge in [0.15, 0.2) is 0 Å². The minimum Gasteiger partial charge on any atom is -0.0623 e. The Morgan fingerprint density at radius 2 is 0.886 bits per heavy atom. The van der Waals surface area contributed by atoms with Crippen LogP contribution in [0.1, 0.15) is 47.2 Å². The van der Waals surface area contributed by atoms with E-state index in [0.717, 1.165) is 12.8 Å². The number of fused-ring (bicyclic) bond motifs is 2. The molecule has 0 aromatic heterocycles. The quantitative estimate of drug-likeness (QED) is 0.276. The molecule has 4 aromatic rings. The van der Waals surface area contributed by atoms with Gasteiger partial charge in [0.2, 0.25) is 0 Å². The van der Waals surface area contributed by atoms with E-state index in [2.05, 4.69) is 124 Å². The van der Waals surface area contributed by atoms with Crippen LogP contribution < -0.4 is 10.4 Å². The van der Waals surface area contributed by atoms with Gasteiger partial charge in [0, 0.05) is 0 Å². The minimum absolute atomic E-state index is 1.06. The van der Waals surface area contributed by atoms with Crippen molar-refractivity contribution in [3.8, 4) is 0 Å². The van der Waals surface area contributed by atoms with Crippen molar-refractivity contribution < 1.29 is 0 Å². The second-order valence-electron chi connectivity index (χ2n) is 10.7. The summed E-state index contributed by atoms with van der Waals surface area (Å²) in [6.07, 6.45) is 2.13. The van der Waals surface area contributed by atoms with E-state index in [1.54, 1.807) is 21.5 Å². The fraction of sp³-hybridized carbons (Fsp3) is 0.176. The van der Waals surface area contributed by atoms with E-state index < -0.39 is 8.07 Å². The number of allylic oxidation sites excluding steroid dienone is 2. The van der Waals surface area contributed by atoms with Gasteiger partial charge < -0.3 is 0 Å². The zero-order valence-electron chi connectivity index (χ0n) is 21.2. The molecule has 0 radical (unpaired) electrons. The Labute approximate surface area is 210 Å². The molecule has 0 unspecified atom stereocenters. The fourth-order valence-corrected chi connectivity index (χ4v) is 9.79. The second-order valence-corrected chi connectivity index (χ2v) is 15.0.